The zero-order valence-electron chi connectivity index (χ0n) is 11.5. The van der Waals surface area contributed by atoms with Gasteiger partial charge in [0.15, 0.2) is 0 Å². The van der Waals surface area contributed by atoms with Crippen LogP contribution < -0.4 is 16.4 Å². The van der Waals surface area contributed by atoms with Gasteiger partial charge in [-0.05, 0) is 13.8 Å². The topological polar surface area (TPSA) is 142 Å². The van der Waals surface area contributed by atoms with E-state index in [0.717, 1.165) is 0 Å². The predicted molar refractivity (Wildman–Crippen MR) is 69.7 cm³/mol. The molecule has 9 heteroatoms. The number of carbonyl (C=O) groups is 4. The summed E-state index contributed by atoms with van der Waals surface area (Å²) in [7, 11) is 0. The van der Waals surface area contributed by atoms with Crippen LogP contribution in [0.2, 0.25) is 0 Å². The highest BCUT2D eigenvalue weighted by molar-refractivity contribution is 5.89. The summed E-state index contributed by atoms with van der Waals surface area (Å²) in [5.74, 6) is -2.52. The van der Waals surface area contributed by atoms with E-state index in [-0.39, 0.29) is 12.5 Å². The van der Waals surface area contributed by atoms with Crippen LogP contribution >= 0.6 is 0 Å². The van der Waals surface area contributed by atoms with Crippen molar-refractivity contribution in [3.63, 3.8) is 0 Å². The van der Waals surface area contributed by atoms with Crippen LogP contribution in [-0.2, 0) is 14.4 Å². The molecule has 0 saturated heterocycles. The maximum atomic E-state index is 11.6. The number of nitrogens with zero attached hydrogens (tertiary/aromatic N) is 1. The molecule has 114 valence electrons. The van der Waals surface area contributed by atoms with Crippen molar-refractivity contribution >= 4 is 23.8 Å². The van der Waals surface area contributed by atoms with Gasteiger partial charge in [-0.2, -0.15) is 0 Å². The standard InChI is InChI=1S/C11H20N4O5/c1-3-15(4-2)9(17)6-13-11(20)14-7(10(18)19)5-8(12)16/h7H,3-6H2,1-2H3,(H2,12,16)(H,18,19)(H2,13,14,20)/t7-/m1/s1. The van der Waals surface area contributed by atoms with Gasteiger partial charge in [0, 0.05) is 13.1 Å². The molecule has 9 nitrogen and oxygen atoms in total. The minimum Gasteiger partial charge on any atom is -0.480 e. The van der Waals surface area contributed by atoms with Gasteiger partial charge in [0.1, 0.15) is 6.04 Å². The van der Waals surface area contributed by atoms with Gasteiger partial charge >= 0.3 is 12.0 Å². The number of urea groups is 1. The molecule has 0 rings (SSSR count). The summed E-state index contributed by atoms with van der Waals surface area (Å²) in [6.07, 6.45) is -0.521. The molecule has 1 atom stereocenters. The zero-order valence-corrected chi connectivity index (χ0v) is 11.5. The minimum absolute atomic E-state index is 0.254. The molecule has 0 aromatic rings. The van der Waals surface area contributed by atoms with Crippen LogP contribution in [0.1, 0.15) is 20.3 Å². The number of nitrogens with one attached hydrogen (secondary N) is 2. The summed E-state index contributed by atoms with van der Waals surface area (Å²) in [6.45, 7) is 4.37. The molecule has 0 fully saturated rings. The molecule has 0 aromatic heterocycles. The van der Waals surface area contributed by atoms with Crippen molar-refractivity contribution in [3.05, 3.63) is 0 Å². The molecule has 0 aromatic carbocycles. The number of nitrogens with two attached hydrogens (primary N) is 1. The Kier molecular flexibility index (Phi) is 7.71. The van der Waals surface area contributed by atoms with Crippen LogP contribution in [0, 0.1) is 0 Å². The number of carboxylic acids is 1. The first-order valence-corrected chi connectivity index (χ1v) is 6.15. The molecule has 5 N–H and O–H groups in total. The fourth-order valence-corrected chi connectivity index (χ4v) is 1.45. The number of amides is 4. The Labute approximate surface area is 116 Å². The van der Waals surface area contributed by atoms with Gasteiger partial charge in [0.2, 0.25) is 11.8 Å². The quantitative estimate of drug-likeness (QED) is 0.429. The maximum Gasteiger partial charge on any atom is 0.326 e. The van der Waals surface area contributed by atoms with Crippen molar-refractivity contribution in [2.24, 2.45) is 5.73 Å². The Bertz CT molecular complexity index is 381. The number of rotatable bonds is 8. The van der Waals surface area contributed by atoms with Gasteiger partial charge in [-0.25, -0.2) is 9.59 Å². The molecular weight excluding hydrogens is 268 g/mol. The lowest BCUT2D eigenvalue weighted by atomic mass is 10.2. The fourth-order valence-electron chi connectivity index (χ4n) is 1.45. The molecular formula is C11H20N4O5. The Morgan fingerprint density at radius 2 is 1.75 bits per heavy atom. The highest BCUT2D eigenvalue weighted by atomic mass is 16.4. The third kappa shape index (κ3) is 6.57. The number of primary amides is 1. The summed E-state index contributed by atoms with van der Waals surface area (Å²) in [6, 6.07) is -2.27. The molecule has 0 aliphatic rings. The van der Waals surface area contributed by atoms with Crippen molar-refractivity contribution in [3.8, 4) is 0 Å². The first-order chi connectivity index (χ1) is 9.31. The number of carbonyl (C=O) groups excluding carboxylic acids is 3. The SMILES string of the molecule is CCN(CC)C(=O)CNC(=O)N[C@H](CC(N)=O)C(=O)O. The van der Waals surface area contributed by atoms with E-state index in [9.17, 15) is 19.2 Å². The molecule has 0 unspecified atom stereocenters. The Morgan fingerprint density at radius 3 is 2.15 bits per heavy atom. The molecule has 0 aliphatic heterocycles. The Hall–Kier alpha value is -2.32. The smallest absolute Gasteiger partial charge is 0.326 e. The lowest BCUT2D eigenvalue weighted by Gasteiger charge is -2.19. The molecule has 0 heterocycles. The third-order valence-corrected chi connectivity index (χ3v) is 2.53. The van der Waals surface area contributed by atoms with Crippen LogP contribution in [-0.4, -0.2) is 59.5 Å². The Morgan fingerprint density at radius 1 is 1.20 bits per heavy atom. The minimum atomic E-state index is -1.42. The summed E-state index contributed by atoms with van der Waals surface area (Å²) in [5.41, 5.74) is 4.87. The second kappa shape index (κ2) is 8.73. The first-order valence-electron chi connectivity index (χ1n) is 6.15. The van der Waals surface area contributed by atoms with Crippen molar-refractivity contribution in [1.29, 1.82) is 0 Å². The van der Waals surface area contributed by atoms with Crippen molar-refractivity contribution in [1.82, 2.24) is 15.5 Å². The van der Waals surface area contributed by atoms with E-state index in [0.29, 0.717) is 13.1 Å². The van der Waals surface area contributed by atoms with E-state index in [4.69, 9.17) is 10.8 Å². The molecule has 0 spiro atoms. The molecule has 20 heavy (non-hydrogen) atoms. The van der Waals surface area contributed by atoms with Gasteiger partial charge < -0.3 is 26.4 Å². The monoisotopic (exact) mass is 288 g/mol. The van der Waals surface area contributed by atoms with Crippen LogP contribution in [0.25, 0.3) is 0 Å². The van der Waals surface area contributed by atoms with E-state index in [1.165, 1.54) is 4.90 Å². The maximum absolute atomic E-state index is 11.6. The highest BCUT2D eigenvalue weighted by Crippen LogP contribution is 1.92. The number of aliphatic carboxylic acids is 1. The summed E-state index contributed by atoms with van der Waals surface area (Å²) in [5, 5.41) is 13.1. The first kappa shape index (κ1) is 17.7. The second-order valence-corrected chi connectivity index (χ2v) is 3.95. The zero-order chi connectivity index (χ0) is 15.7. The molecule has 4 amide bonds. The van der Waals surface area contributed by atoms with Gasteiger partial charge in [-0.3, -0.25) is 9.59 Å². The number of hydrogen-bond donors (Lipinski definition) is 4. The van der Waals surface area contributed by atoms with Crippen LogP contribution in [0.5, 0.6) is 0 Å². The fraction of sp³-hybridized carbons (Fsp3) is 0.636. The van der Waals surface area contributed by atoms with E-state index < -0.39 is 30.4 Å². The van der Waals surface area contributed by atoms with Gasteiger partial charge in [0.05, 0.1) is 13.0 Å². The van der Waals surface area contributed by atoms with E-state index in [2.05, 4.69) is 10.6 Å². The van der Waals surface area contributed by atoms with E-state index in [1.54, 1.807) is 13.8 Å². The van der Waals surface area contributed by atoms with Crippen LogP contribution in [0.15, 0.2) is 0 Å². The van der Waals surface area contributed by atoms with E-state index >= 15 is 0 Å². The predicted octanol–water partition coefficient (Wildman–Crippen LogP) is -1.52. The van der Waals surface area contributed by atoms with Gasteiger partial charge in [0.25, 0.3) is 0 Å². The highest BCUT2D eigenvalue weighted by Gasteiger charge is 2.22. The van der Waals surface area contributed by atoms with Crippen molar-refractivity contribution in [2.75, 3.05) is 19.6 Å². The van der Waals surface area contributed by atoms with Crippen molar-refractivity contribution in [2.45, 2.75) is 26.3 Å². The van der Waals surface area contributed by atoms with Crippen LogP contribution in [0.4, 0.5) is 4.79 Å². The summed E-state index contributed by atoms with van der Waals surface area (Å²) in [4.78, 5) is 46.0. The lowest BCUT2D eigenvalue weighted by Crippen LogP contribution is -2.50. The average molecular weight is 288 g/mol. The average Bonchev–Trinajstić information content (AvgIpc) is 2.36. The lowest BCUT2D eigenvalue weighted by molar-refractivity contribution is -0.140. The summed E-state index contributed by atoms with van der Waals surface area (Å²) >= 11 is 0. The number of likely N-dealkylation sites (N-methyl/N-ethyl adjacent to an activating group) is 1. The van der Waals surface area contributed by atoms with Crippen molar-refractivity contribution < 1.29 is 24.3 Å². The number of hydrogen-bond acceptors (Lipinski definition) is 4. The molecule has 0 radical (unpaired) electrons. The van der Waals surface area contributed by atoms with Gasteiger partial charge in [-0.15, -0.1) is 0 Å². The van der Waals surface area contributed by atoms with E-state index in [1.807, 2.05) is 0 Å². The summed E-state index contributed by atoms with van der Waals surface area (Å²) < 4.78 is 0. The second-order valence-electron chi connectivity index (χ2n) is 3.95. The van der Waals surface area contributed by atoms with Gasteiger partial charge in [-0.1, -0.05) is 0 Å². The van der Waals surface area contributed by atoms with Crippen LogP contribution in [0.3, 0.4) is 0 Å². The largest absolute Gasteiger partial charge is 0.480 e. The normalized spacial score (nSPS) is 11.3. The molecule has 0 aliphatic carbocycles. The molecule has 0 saturated carbocycles. The molecule has 0 bridgehead atoms. The Balaban J connectivity index is 4.30. The third-order valence-electron chi connectivity index (χ3n) is 2.53. The number of carboxylic acid groups (broad SMARTS) is 1.